The summed E-state index contributed by atoms with van der Waals surface area (Å²) in [5.41, 5.74) is -0.777. The molecule has 112 valence electrons. The predicted octanol–water partition coefficient (Wildman–Crippen LogP) is 3.78. The smallest absolute Gasteiger partial charge is 0.313 e. The number of carbonyl (C=O) groups is 1. The molecule has 1 aromatic heterocycles. The molecular formula is C12H8ClF3N2O2S. The number of rotatable bonds is 5. The second-order valence-electron chi connectivity index (χ2n) is 3.87. The molecule has 0 saturated carbocycles. The van der Waals surface area contributed by atoms with E-state index in [-0.39, 0.29) is 21.5 Å². The van der Waals surface area contributed by atoms with Crippen molar-refractivity contribution < 1.29 is 23.1 Å². The number of aromatic nitrogens is 2. The number of aliphatic carboxylic acids is 1. The van der Waals surface area contributed by atoms with Crippen LogP contribution in [0.4, 0.5) is 13.2 Å². The van der Waals surface area contributed by atoms with Crippen LogP contribution in [0.1, 0.15) is 12.1 Å². The number of alkyl halides is 2. The number of thioether (sulfide) groups is 1. The summed E-state index contributed by atoms with van der Waals surface area (Å²) in [5, 5.41) is 12.3. The Morgan fingerprint density at radius 2 is 2.19 bits per heavy atom. The van der Waals surface area contributed by atoms with Gasteiger partial charge in [0.15, 0.2) is 0 Å². The van der Waals surface area contributed by atoms with Crippen LogP contribution in [-0.2, 0) is 4.79 Å². The number of para-hydroxylation sites is 1. The van der Waals surface area contributed by atoms with Crippen LogP contribution >= 0.6 is 23.4 Å². The molecule has 0 aliphatic heterocycles. The van der Waals surface area contributed by atoms with Crippen molar-refractivity contribution in [3.63, 3.8) is 0 Å². The molecule has 0 spiro atoms. The Balaban J connectivity index is 2.52. The number of carboxylic acid groups (broad SMARTS) is 1. The predicted molar refractivity (Wildman–Crippen MR) is 71.8 cm³/mol. The molecule has 0 fully saturated rings. The first-order chi connectivity index (χ1) is 9.90. The van der Waals surface area contributed by atoms with Crippen LogP contribution in [0.25, 0.3) is 5.69 Å². The molecule has 9 heteroatoms. The number of benzene rings is 1. The molecule has 0 radical (unpaired) electrons. The van der Waals surface area contributed by atoms with E-state index in [1.807, 2.05) is 0 Å². The highest BCUT2D eigenvalue weighted by molar-refractivity contribution is 7.99. The molecule has 0 amide bonds. The first kappa shape index (κ1) is 15.7. The number of hydrogen-bond donors (Lipinski definition) is 1. The van der Waals surface area contributed by atoms with E-state index in [9.17, 15) is 18.0 Å². The van der Waals surface area contributed by atoms with E-state index in [0.717, 1.165) is 28.6 Å². The summed E-state index contributed by atoms with van der Waals surface area (Å²) in [7, 11) is 0. The van der Waals surface area contributed by atoms with Gasteiger partial charge in [-0.2, -0.15) is 5.10 Å². The number of carboxylic acids is 1. The van der Waals surface area contributed by atoms with Gasteiger partial charge in [-0.3, -0.25) is 4.79 Å². The average molecular weight is 337 g/mol. The van der Waals surface area contributed by atoms with E-state index >= 15 is 0 Å². The monoisotopic (exact) mass is 336 g/mol. The number of hydrogen-bond acceptors (Lipinski definition) is 3. The van der Waals surface area contributed by atoms with Gasteiger partial charge in [0.2, 0.25) is 0 Å². The van der Waals surface area contributed by atoms with Crippen molar-refractivity contribution in [2.24, 2.45) is 0 Å². The van der Waals surface area contributed by atoms with E-state index in [4.69, 9.17) is 16.7 Å². The van der Waals surface area contributed by atoms with Crippen molar-refractivity contribution in [3.05, 3.63) is 40.8 Å². The van der Waals surface area contributed by atoms with Gasteiger partial charge in [-0.05, 0) is 18.2 Å². The van der Waals surface area contributed by atoms with Crippen LogP contribution < -0.4 is 0 Å². The van der Waals surface area contributed by atoms with Crippen molar-refractivity contribution in [1.82, 2.24) is 9.78 Å². The van der Waals surface area contributed by atoms with Gasteiger partial charge >= 0.3 is 5.97 Å². The van der Waals surface area contributed by atoms with Gasteiger partial charge in [-0.25, -0.2) is 17.9 Å². The van der Waals surface area contributed by atoms with E-state index in [1.165, 1.54) is 12.1 Å². The number of halogens is 4. The zero-order valence-corrected chi connectivity index (χ0v) is 11.8. The van der Waals surface area contributed by atoms with Crippen LogP contribution in [0.3, 0.4) is 0 Å². The maximum absolute atomic E-state index is 13.9. The normalized spacial score (nSPS) is 11.1. The summed E-state index contributed by atoms with van der Waals surface area (Å²) in [6, 6.07) is 4.87. The summed E-state index contributed by atoms with van der Waals surface area (Å²) in [6.45, 7) is 0. The highest BCUT2D eigenvalue weighted by Crippen LogP contribution is 2.31. The lowest BCUT2D eigenvalue weighted by Crippen LogP contribution is -2.05. The average Bonchev–Trinajstić information content (AvgIpc) is 2.80. The molecule has 21 heavy (non-hydrogen) atoms. The van der Waals surface area contributed by atoms with E-state index in [0.29, 0.717) is 0 Å². The molecule has 0 unspecified atom stereocenters. The first-order valence-electron chi connectivity index (χ1n) is 5.57. The van der Waals surface area contributed by atoms with E-state index in [1.54, 1.807) is 0 Å². The van der Waals surface area contributed by atoms with Crippen LogP contribution in [0.15, 0.2) is 29.3 Å². The Labute approximate surface area is 126 Å². The summed E-state index contributed by atoms with van der Waals surface area (Å²) >= 11 is 6.62. The highest BCUT2D eigenvalue weighted by atomic mass is 35.5. The highest BCUT2D eigenvalue weighted by Gasteiger charge is 2.20. The molecule has 0 saturated heterocycles. The second kappa shape index (κ2) is 6.40. The number of nitrogens with zero attached hydrogens (tertiary/aromatic N) is 2. The van der Waals surface area contributed by atoms with Gasteiger partial charge in [0.05, 0.1) is 10.8 Å². The fourth-order valence-corrected chi connectivity index (χ4v) is 2.55. The lowest BCUT2D eigenvalue weighted by atomic mass is 10.3. The molecule has 0 aliphatic carbocycles. The molecule has 1 heterocycles. The van der Waals surface area contributed by atoms with Crippen LogP contribution in [-0.4, -0.2) is 26.6 Å². The Hall–Kier alpha value is -1.67. The standard InChI is InChI=1S/C12H8ClF3N2O2S/c13-6-2-1-3-7(14)11(6)18-9(21-5-10(19)20)4-8(17-18)12(15)16/h1-4,12H,5H2,(H,19,20). The topological polar surface area (TPSA) is 55.1 Å². The summed E-state index contributed by atoms with van der Waals surface area (Å²) in [5.74, 6) is -2.25. The Bertz CT molecular complexity index is 658. The molecule has 2 rings (SSSR count). The zero-order chi connectivity index (χ0) is 15.6. The Kier molecular flexibility index (Phi) is 4.79. The van der Waals surface area contributed by atoms with Gasteiger partial charge < -0.3 is 5.11 Å². The van der Waals surface area contributed by atoms with Crippen molar-refractivity contribution in [2.75, 3.05) is 5.75 Å². The second-order valence-corrected chi connectivity index (χ2v) is 5.28. The molecule has 0 atom stereocenters. The summed E-state index contributed by atoms with van der Waals surface area (Å²) < 4.78 is 40.3. The van der Waals surface area contributed by atoms with Gasteiger partial charge in [0.1, 0.15) is 22.2 Å². The SMILES string of the molecule is O=C(O)CSc1cc(C(F)F)nn1-c1c(F)cccc1Cl. The van der Waals surface area contributed by atoms with Gasteiger partial charge in [0.25, 0.3) is 6.43 Å². The first-order valence-corrected chi connectivity index (χ1v) is 6.93. The van der Waals surface area contributed by atoms with Crippen molar-refractivity contribution in [1.29, 1.82) is 0 Å². The molecule has 1 N–H and O–H groups in total. The Morgan fingerprint density at radius 3 is 2.76 bits per heavy atom. The third-order valence-corrected chi connectivity index (χ3v) is 3.69. The largest absolute Gasteiger partial charge is 0.481 e. The molecule has 2 aromatic rings. The lowest BCUT2D eigenvalue weighted by molar-refractivity contribution is -0.133. The van der Waals surface area contributed by atoms with E-state index < -0.39 is 23.9 Å². The van der Waals surface area contributed by atoms with Crippen LogP contribution in [0.2, 0.25) is 5.02 Å². The van der Waals surface area contributed by atoms with Crippen molar-refractivity contribution in [3.8, 4) is 5.69 Å². The minimum atomic E-state index is -2.86. The molecular weight excluding hydrogens is 329 g/mol. The molecule has 0 aliphatic rings. The molecule has 1 aromatic carbocycles. The van der Waals surface area contributed by atoms with Gasteiger partial charge in [-0.1, -0.05) is 29.4 Å². The van der Waals surface area contributed by atoms with Crippen LogP contribution in [0.5, 0.6) is 0 Å². The third-order valence-electron chi connectivity index (χ3n) is 2.41. The van der Waals surface area contributed by atoms with Gasteiger partial charge in [-0.15, -0.1) is 0 Å². The van der Waals surface area contributed by atoms with Gasteiger partial charge in [0, 0.05) is 0 Å². The fraction of sp³-hybridized carbons (Fsp3) is 0.167. The third kappa shape index (κ3) is 3.51. The van der Waals surface area contributed by atoms with E-state index in [2.05, 4.69) is 5.10 Å². The Morgan fingerprint density at radius 1 is 1.48 bits per heavy atom. The zero-order valence-electron chi connectivity index (χ0n) is 10.3. The van der Waals surface area contributed by atoms with Crippen molar-refractivity contribution in [2.45, 2.75) is 11.5 Å². The minimum Gasteiger partial charge on any atom is -0.481 e. The minimum absolute atomic E-state index is 0.0175. The molecule has 0 bridgehead atoms. The lowest BCUT2D eigenvalue weighted by Gasteiger charge is -2.09. The summed E-state index contributed by atoms with van der Waals surface area (Å²) in [6.07, 6.45) is -2.86. The molecule has 4 nitrogen and oxygen atoms in total. The van der Waals surface area contributed by atoms with Crippen molar-refractivity contribution >= 4 is 29.3 Å². The quantitative estimate of drug-likeness (QED) is 0.844. The maximum Gasteiger partial charge on any atom is 0.313 e. The van der Waals surface area contributed by atoms with Crippen LogP contribution in [0, 0.1) is 5.82 Å². The fourth-order valence-electron chi connectivity index (χ4n) is 1.58. The summed E-state index contributed by atoms with van der Waals surface area (Å²) in [4.78, 5) is 10.6. The maximum atomic E-state index is 13.9.